The molecule has 2 rings (SSSR count). The number of methoxy groups -OCH3 is 1. The van der Waals surface area contributed by atoms with Gasteiger partial charge in [-0.3, -0.25) is 9.59 Å². The first-order valence-electron chi connectivity index (χ1n) is 7.58. The Morgan fingerprint density at radius 1 is 1.30 bits per heavy atom. The molecule has 6 nitrogen and oxygen atoms in total. The van der Waals surface area contributed by atoms with Gasteiger partial charge in [-0.25, -0.2) is 4.68 Å². The molecule has 0 spiro atoms. The number of para-hydroxylation sites is 1. The van der Waals surface area contributed by atoms with Crippen molar-refractivity contribution < 1.29 is 9.53 Å². The van der Waals surface area contributed by atoms with Crippen LogP contribution in [0.2, 0.25) is 0 Å². The van der Waals surface area contributed by atoms with E-state index in [1.54, 1.807) is 7.11 Å². The number of aryl methyl sites for hydroxylation is 1. The van der Waals surface area contributed by atoms with Crippen molar-refractivity contribution in [3.8, 4) is 5.75 Å². The summed E-state index contributed by atoms with van der Waals surface area (Å²) in [4.78, 5) is 24.0. The third-order valence-corrected chi connectivity index (χ3v) is 3.49. The second-order valence-electron chi connectivity index (χ2n) is 5.22. The molecular formula is C17H21N3O3. The molecule has 23 heavy (non-hydrogen) atoms. The lowest BCUT2D eigenvalue weighted by Crippen LogP contribution is -2.31. The first kappa shape index (κ1) is 16.7. The van der Waals surface area contributed by atoms with Crippen LogP contribution in [-0.2, 0) is 6.54 Å². The van der Waals surface area contributed by atoms with E-state index in [9.17, 15) is 9.59 Å². The molecule has 1 amide bonds. The Morgan fingerprint density at radius 2 is 2.04 bits per heavy atom. The highest BCUT2D eigenvalue weighted by Gasteiger charge is 2.16. The van der Waals surface area contributed by atoms with Gasteiger partial charge in [0.1, 0.15) is 11.4 Å². The number of ether oxygens (including phenoxy) is 1. The molecule has 0 bridgehead atoms. The molecule has 0 radical (unpaired) electrons. The molecule has 0 aliphatic carbocycles. The zero-order chi connectivity index (χ0) is 16.8. The van der Waals surface area contributed by atoms with Crippen LogP contribution in [0.25, 0.3) is 0 Å². The quantitative estimate of drug-likeness (QED) is 0.886. The maximum atomic E-state index is 12.4. The Balaban J connectivity index is 2.18. The van der Waals surface area contributed by atoms with Gasteiger partial charge in [-0.2, -0.15) is 5.10 Å². The van der Waals surface area contributed by atoms with Gasteiger partial charge in [0, 0.05) is 18.2 Å². The van der Waals surface area contributed by atoms with Crippen molar-refractivity contribution in [1.29, 1.82) is 0 Å². The molecule has 0 aliphatic rings. The van der Waals surface area contributed by atoms with Crippen LogP contribution in [-0.4, -0.2) is 22.8 Å². The maximum absolute atomic E-state index is 12.4. The molecule has 6 heteroatoms. The zero-order valence-corrected chi connectivity index (χ0v) is 13.6. The summed E-state index contributed by atoms with van der Waals surface area (Å²) >= 11 is 0. The van der Waals surface area contributed by atoms with Gasteiger partial charge in [0.05, 0.1) is 13.2 Å². The van der Waals surface area contributed by atoms with E-state index >= 15 is 0 Å². The van der Waals surface area contributed by atoms with Crippen molar-refractivity contribution in [1.82, 2.24) is 15.1 Å². The second kappa shape index (κ2) is 7.58. The van der Waals surface area contributed by atoms with E-state index < -0.39 is 0 Å². The van der Waals surface area contributed by atoms with Crippen LogP contribution < -0.4 is 15.6 Å². The summed E-state index contributed by atoms with van der Waals surface area (Å²) in [7, 11) is 1.59. The monoisotopic (exact) mass is 315 g/mol. The van der Waals surface area contributed by atoms with Crippen LogP contribution in [0, 0.1) is 0 Å². The van der Waals surface area contributed by atoms with Gasteiger partial charge in [-0.05, 0) is 25.5 Å². The first-order valence-corrected chi connectivity index (χ1v) is 7.58. The average molecular weight is 315 g/mol. The number of amides is 1. The van der Waals surface area contributed by atoms with E-state index in [0.717, 1.165) is 12.0 Å². The molecule has 1 N–H and O–H groups in total. The SMILES string of the molecule is CCCn1nc(C(=O)NC(C)c2ccccc2OC)ccc1=O. The van der Waals surface area contributed by atoms with Crippen molar-refractivity contribution in [3.05, 3.63) is 58.0 Å². The van der Waals surface area contributed by atoms with Crippen molar-refractivity contribution in [3.63, 3.8) is 0 Å². The van der Waals surface area contributed by atoms with E-state index in [1.807, 2.05) is 38.1 Å². The predicted octanol–water partition coefficient (Wildman–Crippen LogP) is 2.15. The third kappa shape index (κ3) is 3.97. The van der Waals surface area contributed by atoms with Gasteiger partial charge in [0.15, 0.2) is 0 Å². The lowest BCUT2D eigenvalue weighted by atomic mass is 10.1. The highest BCUT2D eigenvalue weighted by atomic mass is 16.5. The number of hydrogen-bond acceptors (Lipinski definition) is 4. The van der Waals surface area contributed by atoms with E-state index in [4.69, 9.17) is 4.74 Å². The molecule has 1 aromatic carbocycles. The molecule has 1 atom stereocenters. The number of nitrogens with one attached hydrogen (secondary N) is 1. The van der Waals surface area contributed by atoms with Crippen molar-refractivity contribution in [2.75, 3.05) is 7.11 Å². The van der Waals surface area contributed by atoms with Gasteiger partial charge >= 0.3 is 0 Å². The number of carbonyl (C=O) groups is 1. The predicted molar refractivity (Wildman–Crippen MR) is 87.7 cm³/mol. The smallest absolute Gasteiger partial charge is 0.272 e. The van der Waals surface area contributed by atoms with E-state index in [1.165, 1.54) is 16.8 Å². The van der Waals surface area contributed by atoms with Gasteiger partial charge in [-0.1, -0.05) is 25.1 Å². The Labute approximate surface area is 135 Å². The summed E-state index contributed by atoms with van der Waals surface area (Å²) in [6.07, 6.45) is 0.773. The van der Waals surface area contributed by atoms with Gasteiger partial charge in [0.25, 0.3) is 11.5 Å². The van der Waals surface area contributed by atoms with Crippen LogP contribution >= 0.6 is 0 Å². The Hall–Kier alpha value is -2.63. The summed E-state index contributed by atoms with van der Waals surface area (Å²) in [6.45, 7) is 4.31. The standard InChI is InChI=1S/C17H21N3O3/c1-4-11-20-16(21)10-9-14(19-20)17(22)18-12(2)13-7-5-6-8-15(13)23-3/h5-10,12H,4,11H2,1-3H3,(H,18,22). The summed E-state index contributed by atoms with van der Waals surface area (Å²) in [5.41, 5.74) is 0.895. The zero-order valence-electron chi connectivity index (χ0n) is 13.6. The Morgan fingerprint density at radius 3 is 2.74 bits per heavy atom. The van der Waals surface area contributed by atoms with E-state index in [0.29, 0.717) is 12.3 Å². The highest BCUT2D eigenvalue weighted by molar-refractivity contribution is 5.92. The number of hydrogen-bond donors (Lipinski definition) is 1. The minimum absolute atomic E-state index is 0.207. The molecule has 1 heterocycles. The minimum atomic E-state index is -0.326. The summed E-state index contributed by atoms with van der Waals surface area (Å²) < 4.78 is 6.62. The second-order valence-corrected chi connectivity index (χ2v) is 5.22. The molecule has 0 fully saturated rings. The van der Waals surface area contributed by atoms with Crippen molar-refractivity contribution in [2.45, 2.75) is 32.9 Å². The van der Waals surface area contributed by atoms with Crippen LogP contribution in [0.15, 0.2) is 41.2 Å². The molecule has 0 saturated heterocycles. The highest BCUT2D eigenvalue weighted by Crippen LogP contribution is 2.24. The van der Waals surface area contributed by atoms with Crippen LogP contribution in [0.3, 0.4) is 0 Å². The summed E-state index contributed by atoms with van der Waals surface area (Å²) in [5, 5.41) is 6.99. The topological polar surface area (TPSA) is 73.2 Å². The van der Waals surface area contributed by atoms with Gasteiger partial charge < -0.3 is 10.1 Å². The average Bonchev–Trinajstić information content (AvgIpc) is 2.56. The normalized spacial score (nSPS) is 11.8. The summed E-state index contributed by atoms with van der Waals surface area (Å²) in [5.74, 6) is 0.387. The number of rotatable bonds is 6. The fraction of sp³-hybridized carbons (Fsp3) is 0.353. The Kier molecular flexibility index (Phi) is 5.51. The van der Waals surface area contributed by atoms with Crippen LogP contribution in [0.1, 0.15) is 42.4 Å². The summed E-state index contributed by atoms with van der Waals surface area (Å²) in [6, 6.07) is 10.1. The van der Waals surface area contributed by atoms with Gasteiger partial charge in [-0.15, -0.1) is 0 Å². The lowest BCUT2D eigenvalue weighted by molar-refractivity contribution is 0.0931. The number of nitrogens with zero attached hydrogens (tertiary/aromatic N) is 2. The van der Waals surface area contributed by atoms with E-state index in [-0.39, 0.29) is 23.2 Å². The third-order valence-electron chi connectivity index (χ3n) is 3.49. The largest absolute Gasteiger partial charge is 0.496 e. The first-order chi connectivity index (χ1) is 11.1. The molecular weight excluding hydrogens is 294 g/mol. The number of benzene rings is 1. The van der Waals surface area contributed by atoms with Gasteiger partial charge in [0.2, 0.25) is 0 Å². The van der Waals surface area contributed by atoms with Crippen LogP contribution in [0.5, 0.6) is 5.75 Å². The molecule has 122 valence electrons. The maximum Gasteiger partial charge on any atom is 0.272 e. The molecule has 1 aromatic heterocycles. The van der Waals surface area contributed by atoms with Crippen molar-refractivity contribution >= 4 is 5.91 Å². The number of aromatic nitrogens is 2. The number of carbonyl (C=O) groups excluding carboxylic acids is 1. The molecule has 1 unspecified atom stereocenters. The fourth-order valence-electron chi connectivity index (χ4n) is 2.31. The minimum Gasteiger partial charge on any atom is -0.496 e. The lowest BCUT2D eigenvalue weighted by Gasteiger charge is -2.17. The van der Waals surface area contributed by atoms with E-state index in [2.05, 4.69) is 10.4 Å². The van der Waals surface area contributed by atoms with Crippen LogP contribution in [0.4, 0.5) is 0 Å². The Bertz CT molecular complexity index is 740. The molecule has 2 aromatic rings. The molecule has 0 aliphatic heterocycles. The fourth-order valence-corrected chi connectivity index (χ4v) is 2.31. The molecule has 0 saturated carbocycles. The van der Waals surface area contributed by atoms with Crippen molar-refractivity contribution in [2.24, 2.45) is 0 Å².